The Hall–Kier alpha value is -2.60. The number of nitrogens with one attached hydrogen (secondary N) is 1. The first kappa shape index (κ1) is 17.8. The first-order chi connectivity index (χ1) is 13.1. The number of hydrogen-bond donors (Lipinski definition) is 1. The van der Waals surface area contributed by atoms with Crippen LogP contribution in [-0.4, -0.2) is 24.0 Å². The van der Waals surface area contributed by atoms with Crippen molar-refractivity contribution >= 4 is 28.6 Å². The van der Waals surface area contributed by atoms with Crippen LogP contribution in [0.25, 0.3) is 10.8 Å². The number of thiazole rings is 1. The lowest BCUT2D eigenvalue weighted by molar-refractivity contribution is -0.115. The first-order valence-electron chi connectivity index (χ1n) is 9.25. The molecule has 3 aromatic rings. The Kier molecular flexibility index (Phi) is 4.99. The monoisotopic (exact) mass is 381 g/mol. The average Bonchev–Trinajstić information content (AvgIpc) is 3.38. The van der Waals surface area contributed by atoms with Crippen LogP contribution in [0.1, 0.15) is 29.9 Å². The van der Waals surface area contributed by atoms with Crippen LogP contribution in [0.3, 0.4) is 0 Å². The lowest BCUT2D eigenvalue weighted by Gasteiger charge is -2.19. The molecule has 0 unspecified atom stereocenters. The minimum absolute atomic E-state index is 0.0560. The van der Waals surface area contributed by atoms with Gasteiger partial charge in [0.05, 0.1) is 12.1 Å². The predicted molar refractivity (Wildman–Crippen MR) is 110 cm³/mol. The van der Waals surface area contributed by atoms with Crippen molar-refractivity contribution in [2.24, 2.45) is 0 Å². The summed E-state index contributed by atoms with van der Waals surface area (Å²) < 4.78 is 5.60. The molecule has 1 aliphatic rings. The Morgan fingerprint density at radius 2 is 2.04 bits per heavy atom. The number of carbonyl (C=O) groups is 1. The molecule has 1 aromatic carbocycles. The number of furan rings is 1. The molecule has 1 aliphatic heterocycles. The largest absolute Gasteiger partial charge is 0.459 e. The summed E-state index contributed by atoms with van der Waals surface area (Å²) in [6, 6.07) is 10.1. The van der Waals surface area contributed by atoms with E-state index in [1.165, 1.54) is 29.9 Å². The fourth-order valence-electron chi connectivity index (χ4n) is 3.37. The van der Waals surface area contributed by atoms with Crippen LogP contribution in [0.4, 0.5) is 11.4 Å². The Balaban J connectivity index is 1.40. The molecule has 1 saturated heterocycles. The van der Waals surface area contributed by atoms with Gasteiger partial charge in [0.1, 0.15) is 5.76 Å². The van der Waals surface area contributed by atoms with E-state index < -0.39 is 0 Å². The van der Waals surface area contributed by atoms with E-state index >= 15 is 0 Å². The smallest absolute Gasteiger partial charge is 0.230 e. The number of amides is 1. The van der Waals surface area contributed by atoms with Crippen LogP contribution < -0.4 is 10.2 Å². The summed E-state index contributed by atoms with van der Waals surface area (Å²) in [5.74, 6) is 1.55. The average molecular weight is 382 g/mol. The summed E-state index contributed by atoms with van der Waals surface area (Å²) in [6.07, 6.45) is 2.76. The third kappa shape index (κ3) is 4.06. The van der Waals surface area contributed by atoms with Crippen molar-refractivity contribution in [1.82, 2.24) is 4.98 Å². The number of anilines is 2. The van der Waals surface area contributed by atoms with Crippen LogP contribution >= 0.6 is 11.3 Å². The highest BCUT2D eigenvalue weighted by Crippen LogP contribution is 2.27. The van der Waals surface area contributed by atoms with Gasteiger partial charge in [0.15, 0.2) is 10.8 Å². The van der Waals surface area contributed by atoms with Gasteiger partial charge in [-0.2, -0.15) is 0 Å². The molecule has 2 aromatic heterocycles. The third-order valence-electron chi connectivity index (χ3n) is 4.80. The zero-order valence-corrected chi connectivity index (χ0v) is 16.4. The number of aromatic nitrogens is 1. The fourth-order valence-corrected chi connectivity index (χ4v) is 4.15. The van der Waals surface area contributed by atoms with Gasteiger partial charge in [0.2, 0.25) is 5.91 Å². The standard InChI is InChI=1S/C21H23N3O2S/c1-14-11-17(24-9-3-4-10-24)6-7-18(14)23-20(25)12-16-13-27-21(22-16)19-8-5-15(2)26-19/h5-8,11,13H,3-4,9-10,12H2,1-2H3,(H,23,25). The lowest BCUT2D eigenvalue weighted by Crippen LogP contribution is -2.18. The summed E-state index contributed by atoms with van der Waals surface area (Å²) in [5.41, 5.74) is 3.94. The molecule has 6 heteroatoms. The normalized spacial score (nSPS) is 13.9. The van der Waals surface area contributed by atoms with Crippen molar-refractivity contribution in [1.29, 1.82) is 0 Å². The number of carbonyl (C=O) groups excluding carboxylic acids is 1. The summed E-state index contributed by atoms with van der Waals surface area (Å²) in [6.45, 7) is 6.18. The molecule has 27 heavy (non-hydrogen) atoms. The van der Waals surface area contributed by atoms with Crippen LogP contribution in [0.2, 0.25) is 0 Å². The molecule has 3 heterocycles. The summed E-state index contributed by atoms with van der Waals surface area (Å²) >= 11 is 1.49. The van der Waals surface area contributed by atoms with Gasteiger partial charge in [0, 0.05) is 29.8 Å². The van der Waals surface area contributed by atoms with Crippen molar-refractivity contribution in [3.63, 3.8) is 0 Å². The molecule has 5 nitrogen and oxygen atoms in total. The molecule has 0 bridgehead atoms. The summed E-state index contributed by atoms with van der Waals surface area (Å²) in [4.78, 5) is 19.4. The van der Waals surface area contributed by atoms with Crippen LogP contribution in [0, 0.1) is 13.8 Å². The highest BCUT2D eigenvalue weighted by molar-refractivity contribution is 7.13. The number of benzene rings is 1. The van der Waals surface area contributed by atoms with E-state index in [9.17, 15) is 4.79 Å². The molecule has 4 rings (SSSR count). The molecule has 1 N–H and O–H groups in total. The molecule has 0 saturated carbocycles. The van der Waals surface area contributed by atoms with Gasteiger partial charge in [-0.1, -0.05) is 0 Å². The first-order valence-corrected chi connectivity index (χ1v) is 10.1. The molecule has 0 atom stereocenters. The van der Waals surface area contributed by atoms with Gasteiger partial charge in [-0.3, -0.25) is 4.79 Å². The predicted octanol–water partition coefficient (Wildman–Crippen LogP) is 4.80. The fraction of sp³-hybridized carbons (Fsp3) is 0.333. The maximum atomic E-state index is 12.4. The van der Waals surface area contributed by atoms with E-state index in [0.29, 0.717) is 0 Å². The number of nitrogens with zero attached hydrogens (tertiary/aromatic N) is 2. The third-order valence-corrected chi connectivity index (χ3v) is 5.71. The summed E-state index contributed by atoms with van der Waals surface area (Å²) in [7, 11) is 0. The summed E-state index contributed by atoms with van der Waals surface area (Å²) in [5, 5.41) is 5.73. The molecule has 1 fully saturated rings. The molecule has 140 valence electrons. The second-order valence-corrected chi connectivity index (χ2v) is 7.83. The second-order valence-electron chi connectivity index (χ2n) is 6.97. The minimum atomic E-state index is -0.0560. The highest BCUT2D eigenvalue weighted by Gasteiger charge is 2.15. The van der Waals surface area contributed by atoms with E-state index in [-0.39, 0.29) is 12.3 Å². The van der Waals surface area contributed by atoms with E-state index in [2.05, 4.69) is 27.3 Å². The zero-order chi connectivity index (χ0) is 18.8. The van der Waals surface area contributed by atoms with E-state index in [4.69, 9.17) is 4.42 Å². The number of aryl methyl sites for hydroxylation is 2. The minimum Gasteiger partial charge on any atom is -0.459 e. The van der Waals surface area contributed by atoms with Crippen molar-refractivity contribution in [2.45, 2.75) is 33.1 Å². The molecular weight excluding hydrogens is 358 g/mol. The second kappa shape index (κ2) is 7.56. The van der Waals surface area contributed by atoms with Gasteiger partial charge >= 0.3 is 0 Å². The van der Waals surface area contributed by atoms with Crippen LogP contribution in [0.5, 0.6) is 0 Å². The molecule has 1 amide bonds. The Morgan fingerprint density at radius 3 is 2.74 bits per heavy atom. The Bertz CT molecular complexity index is 954. The van der Waals surface area contributed by atoms with Gasteiger partial charge in [-0.25, -0.2) is 4.98 Å². The maximum Gasteiger partial charge on any atom is 0.230 e. The molecule has 0 radical (unpaired) electrons. The highest BCUT2D eigenvalue weighted by atomic mass is 32.1. The Morgan fingerprint density at radius 1 is 1.22 bits per heavy atom. The topological polar surface area (TPSA) is 58.4 Å². The van der Waals surface area contributed by atoms with Crippen LogP contribution in [-0.2, 0) is 11.2 Å². The van der Waals surface area contributed by atoms with Gasteiger partial charge in [-0.05, 0) is 62.6 Å². The van der Waals surface area contributed by atoms with Crippen LogP contribution in [0.15, 0.2) is 40.1 Å². The van der Waals surface area contributed by atoms with Crippen molar-refractivity contribution in [2.75, 3.05) is 23.3 Å². The maximum absolute atomic E-state index is 12.4. The lowest BCUT2D eigenvalue weighted by atomic mass is 10.1. The van der Waals surface area contributed by atoms with Gasteiger partial charge in [0.25, 0.3) is 0 Å². The van der Waals surface area contributed by atoms with Gasteiger partial charge < -0.3 is 14.6 Å². The van der Waals surface area contributed by atoms with Crippen molar-refractivity contribution in [3.8, 4) is 10.8 Å². The SMILES string of the molecule is Cc1ccc(-c2nc(CC(=O)Nc3ccc(N4CCCC4)cc3C)cs2)o1. The number of hydrogen-bond acceptors (Lipinski definition) is 5. The molecular formula is C21H23N3O2S. The molecule has 0 aliphatic carbocycles. The molecule has 0 spiro atoms. The van der Waals surface area contributed by atoms with E-state index in [1.54, 1.807) is 0 Å². The number of rotatable bonds is 5. The quantitative estimate of drug-likeness (QED) is 0.690. The van der Waals surface area contributed by atoms with E-state index in [1.807, 2.05) is 37.4 Å². The van der Waals surface area contributed by atoms with E-state index in [0.717, 1.165) is 46.6 Å². The van der Waals surface area contributed by atoms with Gasteiger partial charge in [-0.15, -0.1) is 11.3 Å². The zero-order valence-electron chi connectivity index (χ0n) is 15.6. The van der Waals surface area contributed by atoms with Crippen molar-refractivity contribution in [3.05, 3.63) is 52.7 Å². The van der Waals surface area contributed by atoms with Crippen molar-refractivity contribution < 1.29 is 9.21 Å². The Labute approximate surface area is 163 Å².